The van der Waals surface area contributed by atoms with Gasteiger partial charge in [-0.25, -0.2) is 4.79 Å². The molecule has 0 spiro atoms. The van der Waals surface area contributed by atoms with Crippen molar-refractivity contribution in [3.05, 3.63) is 46.4 Å². The molecule has 3 unspecified atom stereocenters. The Bertz CT molecular complexity index is 1270. The summed E-state index contributed by atoms with van der Waals surface area (Å²) in [6.07, 6.45) is 15.8. The van der Waals surface area contributed by atoms with E-state index >= 15 is 0 Å². The standard InChI is InChI=1S/C34H51N5O5/c40-30-14-5-4-13-29(30)39-31(26-9-2-1-3-10-26)32(33(41)37-18-16-35-17-19-37)38(34(39)42)24-25-8-6-11-27(22-25)43-20-21-44-28-12-7-15-36-23-28/h7,12,15,23,25-27,29-30,35,40H,1-6,8-11,13-14,16-22,24H2/t25?,27?,29?,30-/m1/s1. The number of hydrogen-bond donors (Lipinski definition) is 2. The van der Waals surface area contributed by atoms with Gasteiger partial charge in [0.25, 0.3) is 5.91 Å². The maximum absolute atomic E-state index is 14.6. The van der Waals surface area contributed by atoms with Gasteiger partial charge in [-0.1, -0.05) is 38.5 Å². The number of pyridine rings is 1. The molecule has 44 heavy (non-hydrogen) atoms. The van der Waals surface area contributed by atoms with E-state index in [2.05, 4.69) is 10.3 Å². The number of hydrogen-bond acceptors (Lipinski definition) is 7. The molecule has 1 aliphatic heterocycles. The third-order valence-electron chi connectivity index (χ3n) is 10.3. The van der Waals surface area contributed by atoms with Crippen LogP contribution in [0.25, 0.3) is 0 Å². The molecular formula is C34H51N5O5. The number of aromatic nitrogens is 3. The quantitative estimate of drug-likeness (QED) is 0.387. The molecule has 3 saturated carbocycles. The van der Waals surface area contributed by atoms with Crippen molar-refractivity contribution in [2.75, 3.05) is 39.4 Å². The maximum atomic E-state index is 14.6. The highest BCUT2D eigenvalue weighted by atomic mass is 16.5. The Kier molecular flexibility index (Phi) is 10.7. The number of ether oxygens (including phenoxy) is 2. The third-order valence-corrected chi connectivity index (χ3v) is 10.3. The van der Waals surface area contributed by atoms with Crippen LogP contribution in [-0.2, 0) is 11.3 Å². The van der Waals surface area contributed by atoms with Gasteiger partial charge in [-0.3, -0.25) is 18.9 Å². The number of nitrogens with one attached hydrogen (secondary N) is 1. The zero-order valence-electron chi connectivity index (χ0n) is 26.2. The van der Waals surface area contributed by atoms with Crippen LogP contribution < -0.4 is 15.7 Å². The van der Waals surface area contributed by atoms with Crippen molar-refractivity contribution < 1.29 is 19.4 Å². The van der Waals surface area contributed by atoms with E-state index in [1.54, 1.807) is 12.4 Å². The van der Waals surface area contributed by atoms with Gasteiger partial charge in [0.15, 0.2) is 0 Å². The van der Waals surface area contributed by atoms with Gasteiger partial charge in [-0.15, -0.1) is 0 Å². The molecule has 3 heterocycles. The summed E-state index contributed by atoms with van der Waals surface area (Å²) >= 11 is 0. The van der Waals surface area contributed by atoms with Gasteiger partial charge < -0.3 is 24.8 Å². The van der Waals surface area contributed by atoms with Gasteiger partial charge in [0.1, 0.15) is 18.1 Å². The minimum absolute atomic E-state index is 0.00983. The van der Waals surface area contributed by atoms with Crippen LogP contribution in [0.3, 0.4) is 0 Å². The van der Waals surface area contributed by atoms with Crippen molar-refractivity contribution in [3.8, 4) is 5.75 Å². The predicted octanol–water partition coefficient (Wildman–Crippen LogP) is 4.27. The summed E-state index contributed by atoms with van der Waals surface area (Å²) in [5.74, 6) is 1.15. The number of imidazole rings is 1. The molecule has 1 saturated heterocycles. The molecule has 10 heteroatoms. The Labute approximate surface area is 261 Å². The van der Waals surface area contributed by atoms with Crippen LogP contribution in [0.5, 0.6) is 5.75 Å². The van der Waals surface area contributed by atoms with Gasteiger partial charge in [-0.2, -0.15) is 0 Å². The average Bonchev–Trinajstić information content (AvgIpc) is 3.35. The number of rotatable bonds is 10. The van der Waals surface area contributed by atoms with Crippen molar-refractivity contribution in [1.29, 1.82) is 0 Å². The van der Waals surface area contributed by atoms with Crippen LogP contribution >= 0.6 is 0 Å². The van der Waals surface area contributed by atoms with Crippen LogP contribution in [0.15, 0.2) is 29.3 Å². The van der Waals surface area contributed by atoms with Crippen LogP contribution in [0.4, 0.5) is 0 Å². The van der Waals surface area contributed by atoms with E-state index in [1.807, 2.05) is 26.2 Å². The fraction of sp³-hybridized carbons (Fsp3) is 0.735. The van der Waals surface area contributed by atoms with E-state index in [1.165, 1.54) is 6.42 Å². The summed E-state index contributed by atoms with van der Waals surface area (Å²) < 4.78 is 15.8. The molecule has 0 bridgehead atoms. The SMILES string of the molecule is O=C(c1c(C2CCCCC2)n(C2CCCC[C@H]2O)c(=O)n1CC1CCCC(OCCOc2cccnc2)C1)N1CCNCC1. The monoisotopic (exact) mass is 609 g/mol. The second-order valence-electron chi connectivity index (χ2n) is 13.4. The lowest BCUT2D eigenvalue weighted by molar-refractivity contribution is -0.00260. The van der Waals surface area contributed by atoms with Gasteiger partial charge >= 0.3 is 5.69 Å². The first-order chi connectivity index (χ1) is 21.6. The Balaban J connectivity index is 1.26. The van der Waals surface area contributed by atoms with Crippen LogP contribution in [-0.4, -0.2) is 81.6 Å². The molecule has 2 aromatic rings. The number of nitrogens with zero attached hydrogens (tertiary/aromatic N) is 4. The first kappa shape index (κ1) is 31.3. The van der Waals surface area contributed by atoms with Gasteiger partial charge in [-0.05, 0) is 63.0 Å². The Morgan fingerprint density at radius 2 is 1.77 bits per heavy atom. The Morgan fingerprint density at radius 3 is 2.55 bits per heavy atom. The third kappa shape index (κ3) is 7.23. The van der Waals surface area contributed by atoms with E-state index < -0.39 is 6.10 Å². The number of piperazine rings is 1. The minimum Gasteiger partial charge on any atom is -0.490 e. The molecule has 4 atom stereocenters. The van der Waals surface area contributed by atoms with Crippen molar-refractivity contribution >= 4 is 5.91 Å². The molecule has 10 nitrogen and oxygen atoms in total. The van der Waals surface area contributed by atoms with Crippen LogP contribution in [0.1, 0.15) is 112 Å². The zero-order valence-corrected chi connectivity index (χ0v) is 26.2. The minimum atomic E-state index is -0.553. The number of carbonyl (C=O) groups is 1. The second kappa shape index (κ2) is 15.1. The molecule has 6 rings (SSSR count). The van der Waals surface area contributed by atoms with E-state index in [-0.39, 0.29) is 35.6 Å². The Morgan fingerprint density at radius 1 is 0.977 bits per heavy atom. The second-order valence-corrected chi connectivity index (χ2v) is 13.4. The van der Waals surface area contributed by atoms with E-state index in [9.17, 15) is 14.7 Å². The van der Waals surface area contributed by atoms with Crippen molar-refractivity contribution in [3.63, 3.8) is 0 Å². The number of amides is 1. The fourth-order valence-electron chi connectivity index (χ4n) is 8.10. The van der Waals surface area contributed by atoms with Gasteiger partial charge in [0.05, 0.1) is 36.7 Å². The van der Waals surface area contributed by atoms with Crippen molar-refractivity contribution in [1.82, 2.24) is 24.3 Å². The largest absolute Gasteiger partial charge is 0.490 e. The highest BCUT2D eigenvalue weighted by Crippen LogP contribution is 2.39. The lowest BCUT2D eigenvalue weighted by Crippen LogP contribution is -2.47. The van der Waals surface area contributed by atoms with Crippen molar-refractivity contribution in [2.24, 2.45) is 5.92 Å². The summed E-state index contributed by atoms with van der Waals surface area (Å²) in [4.78, 5) is 35.0. The molecule has 2 aromatic heterocycles. The summed E-state index contributed by atoms with van der Waals surface area (Å²) in [7, 11) is 0. The lowest BCUT2D eigenvalue weighted by atomic mass is 9.84. The van der Waals surface area contributed by atoms with E-state index in [0.29, 0.717) is 45.0 Å². The summed E-state index contributed by atoms with van der Waals surface area (Å²) in [6.45, 7) is 4.32. The number of aliphatic hydroxyl groups is 1. The molecule has 242 valence electrons. The predicted molar refractivity (Wildman–Crippen MR) is 168 cm³/mol. The molecule has 1 amide bonds. The van der Waals surface area contributed by atoms with Crippen LogP contribution in [0, 0.1) is 5.92 Å². The maximum Gasteiger partial charge on any atom is 0.329 e. The number of carbonyl (C=O) groups excluding carboxylic acids is 1. The van der Waals surface area contributed by atoms with Gasteiger partial charge in [0.2, 0.25) is 0 Å². The fourth-order valence-corrected chi connectivity index (χ4v) is 8.10. The molecular weight excluding hydrogens is 558 g/mol. The smallest absolute Gasteiger partial charge is 0.329 e. The average molecular weight is 610 g/mol. The Hall–Kier alpha value is -2.69. The van der Waals surface area contributed by atoms with E-state index in [4.69, 9.17) is 9.47 Å². The highest BCUT2D eigenvalue weighted by molar-refractivity contribution is 5.94. The first-order valence-electron chi connectivity index (χ1n) is 17.3. The number of aliphatic hydroxyl groups excluding tert-OH is 1. The van der Waals surface area contributed by atoms with E-state index in [0.717, 1.165) is 95.2 Å². The first-order valence-corrected chi connectivity index (χ1v) is 17.3. The molecule has 0 aromatic carbocycles. The summed E-state index contributed by atoms with van der Waals surface area (Å²) in [5.41, 5.74) is 1.43. The molecule has 4 fully saturated rings. The van der Waals surface area contributed by atoms with Gasteiger partial charge in [0, 0.05) is 44.8 Å². The summed E-state index contributed by atoms with van der Waals surface area (Å²) in [5, 5.41) is 14.5. The molecule has 4 aliphatic rings. The normalized spacial score (nSPS) is 26.9. The highest BCUT2D eigenvalue weighted by Gasteiger charge is 2.39. The molecule has 3 aliphatic carbocycles. The molecule has 0 radical (unpaired) electrons. The van der Waals surface area contributed by atoms with Crippen LogP contribution in [0.2, 0.25) is 0 Å². The zero-order chi connectivity index (χ0) is 30.3. The van der Waals surface area contributed by atoms with Crippen molar-refractivity contribution in [2.45, 2.75) is 114 Å². The lowest BCUT2D eigenvalue weighted by Gasteiger charge is -2.33. The summed E-state index contributed by atoms with van der Waals surface area (Å²) in [6, 6.07) is 3.49. The topological polar surface area (TPSA) is 111 Å². The molecule has 2 N–H and O–H groups in total.